The number of benzene rings is 1. The molecule has 1 heterocycles. The lowest BCUT2D eigenvalue weighted by molar-refractivity contribution is -0.137. The Morgan fingerprint density at radius 1 is 1.15 bits per heavy atom. The van der Waals surface area contributed by atoms with Gasteiger partial charge in [0.15, 0.2) is 5.78 Å². The first-order valence-electron chi connectivity index (χ1n) is 8.56. The minimum atomic E-state index is -0.900. The second kappa shape index (κ2) is 8.47. The SMILES string of the molecule is CC(=O)c1c(C)[nH]c(C(=O)NC(CCC(=O)O)Cc2ccccc2)c1C. The zero-order valence-electron chi connectivity index (χ0n) is 15.3. The van der Waals surface area contributed by atoms with E-state index in [4.69, 9.17) is 5.11 Å². The van der Waals surface area contributed by atoms with Crippen molar-refractivity contribution in [3.8, 4) is 0 Å². The molecular weight excluding hydrogens is 332 g/mol. The first-order valence-corrected chi connectivity index (χ1v) is 8.56. The molecule has 3 N–H and O–H groups in total. The number of carbonyl (C=O) groups excluding carboxylic acids is 2. The van der Waals surface area contributed by atoms with Crippen molar-refractivity contribution in [3.05, 3.63) is 58.4 Å². The summed E-state index contributed by atoms with van der Waals surface area (Å²) >= 11 is 0. The number of aromatic amines is 1. The monoisotopic (exact) mass is 356 g/mol. The standard InChI is InChI=1S/C20H24N2O4/c1-12-18(14(3)23)13(2)21-19(12)20(26)22-16(9-10-17(24)25)11-15-7-5-4-6-8-15/h4-8,16,21H,9-11H2,1-3H3,(H,22,26)(H,24,25). The number of carboxylic acids is 1. The largest absolute Gasteiger partial charge is 0.481 e. The predicted octanol–water partition coefficient (Wildman–Crippen LogP) is 3.04. The maximum atomic E-state index is 12.7. The van der Waals surface area contributed by atoms with Gasteiger partial charge in [0.05, 0.1) is 0 Å². The van der Waals surface area contributed by atoms with Crippen molar-refractivity contribution < 1.29 is 19.5 Å². The summed E-state index contributed by atoms with van der Waals surface area (Å²) in [6.07, 6.45) is 0.839. The fraction of sp³-hybridized carbons (Fsp3) is 0.350. The number of rotatable bonds is 8. The van der Waals surface area contributed by atoms with Gasteiger partial charge in [0.2, 0.25) is 0 Å². The fourth-order valence-corrected chi connectivity index (χ4v) is 3.18. The summed E-state index contributed by atoms with van der Waals surface area (Å²) in [5.41, 5.74) is 3.17. The number of carbonyl (C=O) groups is 3. The molecule has 1 amide bonds. The number of Topliss-reactive ketones (excluding diaryl/α,β-unsaturated/α-hetero) is 1. The first-order chi connectivity index (χ1) is 12.3. The van der Waals surface area contributed by atoms with Crippen LogP contribution in [-0.2, 0) is 11.2 Å². The molecule has 6 heteroatoms. The third kappa shape index (κ3) is 4.81. The first kappa shape index (κ1) is 19.4. The van der Waals surface area contributed by atoms with E-state index >= 15 is 0 Å². The Bertz CT molecular complexity index is 809. The van der Waals surface area contributed by atoms with Crippen molar-refractivity contribution in [1.82, 2.24) is 10.3 Å². The lowest BCUT2D eigenvalue weighted by Gasteiger charge is -2.18. The molecule has 0 fully saturated rings. The molecule has 26 heavy (non-hydrogen) atoms. The molecule has 1 aromatic carbocycles. The lowest BCUT2D eigenvalue weighted by atomic mass is 10.0. The van der Waals surface area contributed by atoms with Crippen LogP contribution in [0.5, 0.6) is 0 Å². The van der Waals surface area contributed by atoms with Crippen molar-refractivity contribution >= 4 is 17.7 Å². The van der Waals surface area contributed by atoms with Gasteiger partial charge in [0.25, 0.3) is 5.91 Å². The Kier molecular flexibility index (Phi) is 6.33. The predicted molar refractivity (Wildman–Crippen MR) is 98.5 cm³/mol. The molecule has 6 nitrogen and oxygen atoms in total. The highest BCUT2D eigenvalue weighted by atomic mass is 16.4. The van der Waals surface area contributed by atoms with Gasteiger partial charge < -0.3 is 15.4 Å². The molecule has 0 aliphatic rings. The maximum Gasteiger partial charge on any atom is 0.303 e. The number of ketones is 1. The molecule has 138 valence electrons. The molecule has 0 saturated carbocycles. The van der Waals surface area contributed by atoms with Gasteiger partial charge in [0.1, 0.15) is 5.69 Å². The van der Waals surface area contributed by atoms with Gasteiger partial charge >= 0.3 is 5.97 Å². The van der Waals surface area contributed by atoms with Crippen molar-refractivity contribution in [2.75, 3.05) is 0 Å². The molecule has 1 atom stereocenters. The van der Waals surface area contributed by atoms with Crippen LogP contribution in [0.15, 0.2) is 30.3 Å². The van der Waals surface area contributed by atoms with Crippen LogP contribution < -0.4 is 5.32 Å². The highest BCUT2D eigenvalue weighted by Crippen LogP contribution is 2.19. The van der Waals surface area contributed by atoms with E-state index in [9.17, 15) is 14.4 Å². The van der Waals surface area contributed by atoms with E-state index in [2.05, 4.69) is 10.3 Å². The summed E-state index contributed by atoms with van der Waals surface area (Å²) in [4.78, 5) is 38.4. The lowest BCUT2D eigenvalue weighted by Crippen LogP contribution is -2.37. The van der Waals surface area contributed by atoms with Crippen molar-refractivity contribution in [1.29, 1.82) is 0 Å². The number of aliphatic carboxylic acids is 1. The second-order valence-corrected chi connectivity index (χ2v) is 6.47. The summed E-state index contributed by atoms with van der Waals surface area (Å²) < 4.78 is 0. The van der Waals surface area contributed by atoms with Gasteiger partial charge in [-0.3, -0.25) is 14.4 Å². The van der Waals surface area contributed by atoms with E-state index in [1.807, 2.05) is 30.3 Å². The van der Waals surface area contributed by atoms with Gasteiger partial charge in [-0.15, -0.1) is 0 Å². The topological polar surface area (TPSA) is 99.3 Å². The second-order valence-electron chi connectivity index (χ2n) is 6.47. The van der Waals surface area contributed by atoms with Crippen molar-refractivity contribution in [2.24, 2.45) is 0 Å². The zero-order valence-corrected chi connectivity index (χ0v) is 15.3. The van der Waals surface area contributed by atoms with E-state index in [0.717, 1.165) is 5.56 Å². The van der Waals surface area contributed by atoms with Crippen molar-refractivity contribution in [3.63, 3.8) is 0 Å². The van der Waals surface area contributed by atoms with E-state index in [0.29, 0.717) is 35.4 Å². The number of carboxylic acid groups (broad SMARTS) is 1. The van der Waals surface area contributed by atoms with Crippen LogP contribution in [0, 0.1) is 13.8 Å². The van der Waals surface area contributed by atoms with E-state index in [1.54, 1.807) is 13.8 Å². The molecule has 2 rings (SSSR count). The Morgan fingerprint density at radius 2 is 1.81 bits per heavy atom. The minimum Gasteiger partial charge on any atom is -0.481 e. The molecule has 0 bridgehead atoms. The number of hydrogen-bond donors (Lipinski definition) is 3. The van der Waals surface area contributed by atoms with Crippen LogP contribution in [0.4, 0.5) is 0 Å². The molecule has 0 aliphatic heterocycles. The molecule has 0 spiro atoms. The van der Waals surface area contributed by atoms with Gasteiger partial charge in [-0.25, -0.2) is 0 Å². The van der Waals surface area contributed by atoms with Gasteiger partial charge in [0, 0.05) is 23.7 Å². The average molecular weight is 356 g/mol. The zero-order chi connectivity index (χ0) is 19.3. The Balaban J connectivity index is 2.18. The quantitative estimate of drug-likeness (QED) is 0.633. The van der Waals surface area contributed by atoms with Gasteiger partial charge in [-0.2, -0.15) is 0 Å². The number of amides is 1. The summed E-state index contributed by atoms with van der Waals surface area (Å²) in [5.74, 6) is -1.32. The number of H-pyrrole nitrogens is 1. The molecule has 0 aliphatic carbocycles. The number of nitrogens with one attached hydrogen (secondary N) is 2. The third-order valence-electron chi connectivity index (χ3n) is 4.38. The molecule has 0 saturated heterocycles. The van der Waals surface area contributed by atoms with Crippen LogP contribution >= 0.6 is 0 Å². The molecular formula is C20H24N2O4. The number of hydrogen-bond acceptors (Lipinski definition) is 3. The van der Waals surface area contributed by atoms with Crippen molar-refractivity contribution in [2.45, 2.75) is 46.1 Å². The summed E-state index contributed by atoms with van der Waals surface area (Å²) in [7, 11) is 0. The van der Waals surface area contributed by atoms with Crippen LogP contribution in [0.3, 0.4) is 0 Å². The number of aromatic nitrogens is 1. The molecule has 1 aromatic heterocycles. The molecule has 2 aromatic rings. The average Bonchev–Trinajstić information content (AvgIpc) is 2.88. The third-order valence-corrected chi connectivity index (χ3v) is 4.38. The van der Waals surface area contributed by atoms with Crippen LogP contribution in [0.25, 0.3) is 0 Å². The smallest absolute Gasteiger partial charge is 0.303 e. The maximum absolute atomic E-state index is 12.7. The molecule has 1 unspecified atom stereocenters. The van der Waals surface area contributed by atoms with Crippen LogP contribution in [0.2, 0.25) is 0 Å². The summed E-state index contributed by atoms with van der Waals surface area (Å²) in [6, 6.07) is 9.29. The minimum absolute atomic E-state index is 0.0286. The van der Waals surface area contributed by atoms with E-state index < -0.39 is 5.97 Å². The number of aryl methyl sites for hydroxylation is 1. The van der Waals surface area contributed by atoms with Gasteiger partial charge in [-0.1, -0.05) is 30.3 Å². The Morgan fingerprint density at radius 3 is 2.35 bits per heavy atom. The molecule has 0 radical (unpaired) electrons. The van der Waals surface area contributed by atoms with Crippen LogP contribution in [0.1, 0.15) is 57.4 Å². The Hall–Kier alpha value is -2.89. The van der Waals surface area contributed by atoms with E-state index in [-0.39, 0.29) is 24.2 Å². The Labute approximate surface area is 152 Å². The highest BCUT2D eigenvalue weighted by Gasteiger charge is 2.22. The normalized spacial score (nSPS) is 11.8. The summed E-state index contributed by atoms with van der Waals surface area (Å²) in [5, 5.41) is 11.9. The van der Waals surface area contributed by atoms with Gasteiger partial charge in [-0.05, 0) is 44.7 Å². The van der Waals surface area contributed by atoms with Crippen LogP contribution in [-0.4, -0.2) is 33.8 Å². The highest BCUT2D eigenvalue weighted by molar-refractivity contribution is 6.02. The fourth-order valence-electron chi connectivity index (χ4n) is 3.18. The van der Waals surface area contributed by atoms with E-state index in [1.165, 1.54) is 6.92 Å². The summed E-state index contributed by atoms with van der Waals surface area (Å²) in [6.45, 7) is 4.96.